The first kappa shape index (κ1) is 17.0. The third kappa shape index (κ3) is 70.1. The van der Waals surface area contributed by atoms with E-state index in [0.29, 0.717) is 0 Å². The van der Waals surface area contributed by atoms with Crippen LogP contribution in [-0.4, -0.2) is 29.7 Å². The molecule has 0 aliphatic heterocycles. The normalized spacial score (nSPS) is 7.80. The molecule has 0 aliphatic carbocycles. The predicted molar refractivity (Wildman–Crippen MR) is 45.8 cm³/mol. The van der Waals surface area contributed by atoms with Gasteiger partial charge >= 0.3 is 23.1 Å². The van der Waals surface area contributed by atoms with Gasteiger partial charge in [0.25, 0.3) is 0 Å². The van der Waals surface area contributed by atoms with E-state index in [-0.39, 0.29) is 29.7 Å². The van der Waals surface area contributed by atoms with E-state index in [2.05, 4.69) is 20.8 Å². The largest absolute Gasteiger partial charge is 2.00 e. The molecule has 0 spiro atoms. The quantitative estimate of drug-likeness (QED) is 0.435. The molecule has 0 unspecified atom stereocenters. The van der Waals surface area contributed by atoms with Gasteiger partial charge in [0.1, 0.15) is 0 Å². The van der Waals surface area contributed by atoms with Gasteiger partial charge in [0.15, 0.2) is 0 Å². The Morgan fingerprint density at radius 3 is 1.50 bits per heavy atom. The summed E-state index contributed by atoms with van der Waals surface area (Å²) in [6, 6.07) is 0. The van der Waals surface area contributed by atoms with E-state index in [1.54, 1.807) is 0 Å². The molecule has 0 bridgehead atoms. The molecule has 0 radical (unpaired) electrons. The minimum atomic E-state index is 0. The Hall–Kier alpha value is 0.726. The Labute approximate surface area is 81.4 Å². The SMILES string of the molecule is CCCC[O-].C[C-](C)C.[Mg+2]. The molecule has 0 amide bonds. The molecular weight excluding hydrogens is 136 g/mol. The second-order valence-corrected chi connectivity index (χ2v) is 2.56. The molecule has 0 saturated carbocycles. The minimum absolute atomic E-state index is 0. The van der Waals surface area contributed by atoms with E-state index in [1.807, 2.05) is 6.92 Å². The van der Waals surface area contributed by atoms with Crippen molar-refractivity contribution in [1.29, 1.82) is 0 Å². The molecule has 0 aliphatic rings. The predicted octanol–water partition coefficient (Wildman–Crippen LogP) is 1.39. The van der Waals surface area contributed by atoms with Crippen molar-refractivity contribution in [3.05, 3.63) is 5.92 Å². The Balaban J connectivity index is -0.0000000910. The first-order valence-electron chi connectivity index (χ1n) is 3.50. The smallest absolute Gasteiger partial charge is 0.854 e. The molecular formula is C8H18MgO. The van der Waals surface area contributed by atoms with Gasteiger partial charge < -0.3 is 11.0 Å². The monoisotopic (exact) mass is 154 g/mol. The van der Waals surface area contributed by atoms with Crippen LogP contribution in [0.3, 0.4) is 0 Å². The van der Waals surface area contributed by atoms with Crippen LogP contribution >= 0.6 is 0 Å². The number of unbranched alkanes of at least 4 members (excludes halogenated alkanes) is 1. The molecule has 58 valence electrons. The van der Waals surface area contributed by atoms with Crippen LogP contribution in [0.1, 0.15) is 40.5 Å². The van der Waals surface area contributed by atoms with Crippen molar-refractivity contribution in [3.8, 4) is 0 Å². The van der Waals surface area contributed by atoms with Crippen molar-refractivity contribution in [2.75, 3.05) is 6.61 Å². The molecule has 0 aromatic heterocycles. The summed E-state index contributed by atoms with van der Waals surface area (Å²) in [6.07, 6.45) is 1.86. The maximum Gasteiger partial charge on any atom is 2.00 e. The summed E-state index contributed by atoms with van der Waals surface area (Å²) in [4.78, 5) is 0. The van der Waals surface area contributed by atoms with Crippen molar-refractivity contribution >= 4 is 23.1 Å². The van der Waals surface area contributed by atoms with Crippen molar-refractivity contribution < 1.29 is 5.11 Å². The maximum atomic E-state index is 9.53. The summed E-state index contributed by atoms with van der Waals surface area (Å²) >= 11 is 0. The Morgan fingerprint density at radius 1 is 1.20 bits per heavy atom. The van der Waals surface area contributed by atoms with Gasteiger partial charge in [-0.15, -0.1) is 6.61 Å². The van der Waals surface area contributed by atoms with Crippen LogP contribution in [0.15, 0.2) is 0 Å². The Morgan fingerprint density at radius 2 is 1.50 bits per heavy atom. The van der Waals surface area contributed by atoms with Crippen LogP contribution in [-0.2, 0) is 0 Å². The maximum absolute atomic E-state index is 9.53. The van der Waals surface area contributed by atoms with E-state index in [0.717, 1.165) is 12.8 Å². The third-order valence-corrected chi connectivity index (χ3v) is 0.498. The van der Waals surface area contributed by atoms with E-state index >= 15 is 0 Å². The van der Waals surface area contributed by atoms with Gasteiger partial charge in [-0.1, -0.05) is 19.8 Å². The van der Waals surface area contributed by atoms with Gasteiger partial charge in [-0.05, 0) is 0 Å². The van der Waals surface area contributed by atoms with Crippen LogP contribution in [0.5, 0.6) is 0 Å². The zero-order chi connectivity index (χ0) is 7.70. The fraction of sp³-hybridized carbons (Fsp3) is 0.875. The van der Waals surface area contributed by atoms with Crippen molar-refractivity contribution in [3.63, 3.8) is 0 Å². The van der Waals surface area contributed by atoms with Crippen LogP contribution in [0.25, 0.3) is 0 Å². The van der Waals surface area contributed by atoms with E-state index in [9.17, 15) is 5.11 Å². The number of rotatable bonds is 2. The summed E-state index contributed by atoms with van der Waals surface area (Å²) in [5.74, 6) is 1.42. The van der Waals surface area contributed by atoms with Gasteiger partial charge in [0.2, 0.25) is 0 Å². The van der Waals surface area contributed by atoms with Crippen molar-refractivity contribution in [2.45, 2.75) is 40.5 Å². The molecule has 1 nitrogen and oxygen atoms in total. The average Bonchev–Trinajstić information content (AvgIpc) is 1.66. The van der Waals surface area contributed by atoms with Gasteiger partial charge in [0.05, 0.1) is 0 Å². The summed E-state index contributed by atoms with van der Waals surface area (Å²) in [5.41, 5.74) is 0. The molecule has 0 aromatic carbocycles. The summed E-state index contributed by atoms with van der Waals surface area (Å²) in [5, 5.41) is 9.53. The fourth-order valence-electron chi connectivity index (χ4n) is 0.144. The molecule has 0 heterocycles. The van der Waals surface area contributed by atoms with E-state index in [1.165, 1.54) is 5.92 Å². The van der Waals surface area contributed by atoms with Crippen molar-refractivity contribution in [1.82, 2.24) is 0 Å². The standard InChI is InChI=1S/C4H9O.C4H9.Mg/c1-2-3-4-5;1-4(2)3;/h2-4H2,1H3;1-3H3;/q2*-1;+2. The average molecular weight is 155 g/mol. The van der Waals surface area contributed by atoms with Crippen LogP contribution in [0.2, 0.25) is 0 Å². The second-order valence-electron chi connectivity index (χ2n) is 2.56. The first-order chi connectivity index (χ1) is 4.15. The topological polar surface area (TPSA) is 23.1 Å². The van der Waals surface area contributed by atoms with Crippen LogP contribution in [0, 0.1) is 5.92 Å². The number of hydrogen-bond donors (Lipinski definition) is 0. The zero-order valence-corrected chi connectivity index (χ0v) is 9.15. The number of hydrogen-bond acceptors (Lipinski definition) is 1. The fourth-order valence-corrected chi connectivity index (χ4v) is 0.144. The molecule has 0 saturated heterocycles. The summed E-state index contributed by atoms with van der Waals surface area (Å²) < 4.78 is 0. The molecule has 0 fully saturated rings. The summed E-state index contributed by atoms with van der Waals surface area (Å²) in [6.45, 7) is 8.36. The minimum Gasteiger partial charge on any atom is -0.854 e. The molecule has 0 aromatic rings. The molecule has 2 heteroatoms. The zero-order valence-electron chi connectivity index (χ0n) is 7.74. The van der Waals surface area contributed by atoms with Crippen LogP contribution < -0.4 is 5.11 Å². The van der Waals surface area contributed by atoms with Gasteiger partial charge in [0, 0.05) is 0 Å². The molecule has 0 rings (SSSR count). The van der Waals surface area contributed by atoms with E-state index < -0.39 is 0 Å². The van der Waals surface area contributed by atoms with Gasteiger partial charge in [-0.25, -0.2) is 0 Å². The van der Waals surface area contributed by atoms with E-state index in [4.69, 9.17) is 0 Å². The first-order valence-corrected chi connectivity index (χ1v) is 3.50. The molecule has 0 N–H and O–H groups in total. The van der Waals surface area contributed by atoms with Crippen molar-refractivity contribution in [2.24, 2.45) is 0 Å². The van der Waals surface area contributed by atoms with Crippen LogP contribution in [0.4, 0.5) is 0 Å². The third-order valence-electron chi connectivity index (χ3n) is 0.498. The van der Waals surface area contributed by atoms with Gasteiger partial charge in [-0.3, -0.25) is 0 Å². The molecule has 0 atom stereocenters. The second kappa shape index (κ2) is 16.4. The Bertz CT molecular complexity index is 33.5. The summed E-state index contributed by atoms with van der Waals surface area (Å²) in [7, 11) is 0. The molecule has 10 heavy (non-hydrogen) atoms. The van der Waals surface area contributed by atoms with Gasteiger partial charge in [-0.2, -0.15) is 20.8 Å². The Kier molecular flexibility index (Phi) is 27.8.